The number of ether oxygens (including phenoxy) is 2. The van der Waals surface area contributed by atoms with Gasteiger partial charge in [0.1, 0.15) is 6.10 Å². The van der Waals surface area contributed by atoms with Crippen molar-refractivity contribution in [3.05, 3.63) is 0 Å². The van der Waals surface area contributed by atoms with E-state index in [1.54, 1.807) is 0 Å². The van der Waals surface area contributed by atoms with E-state index in [2.05, 4.69) is 13.8 Å². The predicted octanol–water partition coefficient (Wildman–Crippen LogP) is 10.6. The lowest BCUT2D eigenvalue weighted by Gasteiger charge is -2.12. The molecule has 0 aromatic carbocycles. The van der Waals surface area contributed by atoms with Gasteiger partial charge >= 0.3 is 0 Å². The van der Waals surface area contributed by atoms with Gasteiger partial charge in [0.05, 0.1) is 13.2 Å². The molecule has 3 heteroatoms. The van der Waals surface area contributed by atoms with Crippen LogP contribution in [0.3, 0.4) is 0 Å². The smallest absolute Gasteiger partial charge is 0.101 e. The van der Waals surface area contributed by atoms with E-state index < -0.39 is 6.10 Å². The SMILES string of the molecule is CCCCCCCCCCCCCCCCCCOC[C@H](O)COCCCCCCCCCCCC. The maximum absolute atomic E-state index is 10.00. The van der Waals surface area contributed by atoms with Gasteiger partial charge in [-0.2, -0.15) is 0 Å². The monoisotopic (exact) mass is 513 g/mol. The normalized spacial score (nSPS) is 12.4. The Morgan fingerprint density at radius 3 is 0.833 bits per heavy atom. The van der Waals surface area contributed by atoms with E-state index >= 15 is 0 Å². The Kier molecular flexibility index (Phi) is 32.8. The van der Waals surface area contributed by atoms with Gasteiger partial charge in [0, 0.05) is 13.2 Å². The highest BCUT2D eigenvalue weighted by Gasteiger charge is 2.04. The lowest BCUT2D eigenvalue weighted by Crippen LogP contribution is -2.22. The van der Waals surface area contributed by atoms with Crippen LogP contribution in [0.4, 0.5) is 0 Å². The molecule has 0 saturated heterocycles. The fourth-order valence-corrected chi connectivity index (χ4v) is 4.93. The number of hydrogen-bond donors (Lipinski definition) is 1. The number of aliphatic hydroxyl groups excluding tert-OH is 1. The molecule has 0 fully saturated rings. The molecule has 0 aromatic rings. The molecule has 0 aliphatic carbocycles. The van der Waals surface area contributed by atoms with Crippen LogP contribution >= 0.6 is 0 Å². The van der Waals surface area contributed by atoms with Crippen LogP contribution in [0.2, 0.25) is 0 Å². The topological polar surface area (TPSA) is 38.7 Å². The lowest BCUT2D eigenvalue weighted by molar-refractivity contribution is -0.0201. The second-order valence-electron chi connectivity index (χ2n) is 11.3. The minimum absolute atomic E-state index is 0.413. The first-order valence-corrected chi connectivity index (χ1v) is 16.6. The summed E-state index contributed by atoms with van der Waals surface area (Å²) in [5.74, 6) is 0. The van der Waals surface area contributed by atoms with Gasteiger partial charge in [-0.05, 0) is 12.8 Å². The molecular formula is C33H68O3. The van der Waals surface area contributed by atoms with E-state index in [9.17, 15) is 5.11 Å². The average Bonchev–Trinajstić information content (AvgIpc) is 2.88. The van der Waals surface area contributed by atoms with Gasteiger partial charge in [-0.1, -0.05) is 168 Å². The molecule has 0 heterocycles. The summed E-state index contributed by atoms with van der Waals surface area (Å²) in [6.45, 7) is 6.93. The number of unbranched alkanes of at least 4 members (excludes halogenated alkanes) is 24. The molecule has 0 aliphatic heterocycles. The Morgan fingerprint density at radius 1 is 0.361 bits per heavy atom. The second-order valence-corrected chi connectivity index (χ2v) is 11.3. The summed E-state index contributed by atoms with van der Waals surface area (Å²) in [6, 6.07) is 0. The molecule has 0 amide bonds. The Balaban J connectivity index is 3.12. The third kappa shape index (κ3) is 31.9. The zero-order valence-corrected chi connectivity index (χ0v) is 25.1. The molecule has 1 N–H and O–H groups in total. The molecule has 3 nitrogen and oxygen atoms in total. The first-order chi connectivity index (χ1) is 17.8. The predicted molar refractivity (Wildman–Crippen MR) is 159 cm³/mol. The van der Waals surface area contributed by atoms with Crippen molar-refractivity contribution < 1.29 is 14.6 Å². The largest absolute Gasteiger partial charge is 0.388 e. The maximum Gasteiger partial charge on any atom is 0.101 e. The molecule has 0 saturated carbocycles. The Bertz CT molecular complexity index is 374. The Morgan fingerprint density at radius 2 is 0.583 bits per heavy atom. The van der Waals surface area contributed by atoms with E-state index in [0.717, 1.165) is 26.1 Å². The summed E-state index contributed by atoms with van der Waals surface area (Å²) in [5, 5.41) is 10.00. The average molecular weight is 513 g/mol. The molecule has 218 valence electrons. The van der Waals surface area contributed by atoms with Crippen LogP contribution in [0.15, 0.2) is 0 Å². The van der Waals surface area contributed by atoms with Gasteiger partial charge in [-0.25, -0.2) is 0 Å². The summed E-state index contributed by atoms with van der Waals surface area (Å²) in [5.41, 5.74) is 0. The van der Waals surface area contributed by atoms with Crippen LogP contribution in [0.25, 0.3) is 0 Å². The van der Waals surface area contributed by atoms with Gasteiger partial charge in [0.25, 0.3) is 0 Å². The zero-order chi connectivity index (χ0) is 26.2. The van der Waals surface area contributed by atoms with Crippen molar-refractivity contribution in [1.29, 1.82) is 0 Å². The maximum atomic E-state index is 10.00. The highest BCUT2D eigenvalue weighted by atomic mass is 16.5. The van der Waals surface area contributed by atoms with Gasteiger partial charge in [0.2, 0.25) is 0 Å². The van der Waals surface area contributed by atoms with Crippen LogP contribution in [0.5, 0.6) is 0 Å². The molecule has 0 spiro atoms. The molecular weight excluding hydrogens is 444 g/mol. The van der Waals surface area contributed by atoms with Crippen LogP contribution < -0.4 is 0 Å². The molecule has 0 rings (SSSR count). The highest BCUT2D eigenvalue weighted by Crippen LogP contribution is 2.14. The minimum atomic E-state index is -0.478. The number of rotatable bonds is 32. The lowest BCUT2D eigenvalue weighted by atomic mass is 10.0. The van der Waals surface area contributed by atoms with Crippen LogP contribution in [0, 0.1) is 0 Å². The third-order valence-corrected chi connectivity index (χ3v) is 7.40. The van der Waals surface area contributed by atoms with Crippen molar-refractivity contribution in [2.24, 2.45) is 0 Å². The number of hydrogen-bond acceptors (Lipinski definition) is 3. The standard InChI is InChI=1S/C33H68O3/c1-3-5-7-9-11-13-15-16-17-18-19-20-22-24-26-28-30-36-32-33(34)31-35-29-27-25-23-21-14-12-10-8-6-4-2/h33-34H,3-32H2,1-2H3/t33-/m1/s1. The summed E-state index contributed by atoms with van der Waals surface area (Å²) >= 11 is 0. The Hall–Kier alpha value is -0.120. The van der Waals surface area contributed by atoms with E-state index in [1.807, 2.05) is 0 Å². The summed E-state index contributed by atoms with van der Waals surface area (Å²) < 4.78 is 11.3. The third-order valence-electron chi connectivity index (χ3n) is 7.40. The fraction of sp³-hybridized carbons (Fsp3) is 1.00. The van der Waals surface area contributed by atoms with Gasteiger partial charge in [0.15, 0.2) is 0 Å². The van der Waals surface area contributed by atoms with E-state index in [-0.39, 0.29) is 0 Å². The van der Waals surface area contributed by atoms with Gasteiger partial charge in [-0.3, -0.25) is 0 Å². The first kappa shape index (κ1) is 35.9. The van der Waals surface area contributed by atoms with E-state index in [1.165, 1.54) is 154 Å². The molecule has 0 bridgehead atoms. The molecule has 0 aromatic heterocycles. The summed E-state index contributed by atoms with van der Waals surface area (Å²) in [7, 11) is 0. The van der Waals surface area contributed by atoms with E-state index in [0.29, 0.717) is 13.2 Å². The van der Waals surface area contributed by atoms with E-state index in [4.69, 9.17) is 9.47 Å². The molecule has 36 heavy (non-hydrogen) atoms. The van der Waals surface area contributed by atoms with Crippen molar-refractivity contribution in [2.45, 2.75) is 187 Å². The van der Waals surface area contributed by atoms with Gasteiger partial charge < -0.3 is 14.6 Å². The molecule has 0 unspecified atom stereocenters. The first-order valence-electron chi connectivity index (χ1n) is 16.6. The highest BCUT2D eigenvalue weighted by molar-refractivity contribution is 4.53. The van der Waals surface area contributed by atoms with Crippen LogP contribution in [-0.2, 0) is 9.47 Å². The van der Waals surface area contributed by atoms with Gasteiger partial charge in [-0.15, -0.1) is 0 Å². The minimum Gasteiger partial charge on any atom is -0.388 e. The Labute approximate surface area is 227 Å². The van der Waals surface area contributed by atoms with Crippen LogP contribution in [0.1, 0.15) is 181 Å². The fourth-order valence-electron chi connectivity index (χ4n) is 4.93. The van der Waals surface area contributed by atoms with Crippen molar-refractivity contribution in [2.75, 3.05) is 26.4 Å². The summed E-state index contributed by atoms with van der Waals surface area (Å²) in [6.07, 6.45) is 35.1. The quantitative estimate of drug-likeness (QED) is 0.0911. The van der Waals surface area contributed by atoms with Crippen LogP contribution in [-0.4, -0.2) is 37.6 Å². The molecule has 0 radical (unpaired) electrons. The van der Waals surface area contributed by atoms with Crippen molar-refractivity contribution in [3.8, 4) is 0 Å². The molecule has 1 atom stereocenters. The second kappa shape index (κ2) is 32.9. The summed E-state index contributed by atoms with van der Waals surface area (Å²) in [4.78, 5) is 0. The molecule has 0 aliphatic rings. The number of aliphatic hydroxyl groups is 1. The van der Waals surface area contributed by atoms with Crippen molar-refractivity contribution in [3.63, 3.8) is 0 Å². The zero-order valence-electron chi connectivity index (χ0n) is 25.1. The van der Waals surface area contributed by atoms with Crippen molar-refractivity contribution >= 4 is 0 Å². The van der Waals surface area contributed by atoms with Crippen molar-refractivity contribution in [1.82, 2.24) is 0 Å².